The Morgan fingerprint density at radius 2 is 1.52 bits per heavy atom. The van der Waals surface area contributed by atoms with Crippen LogP contribution in [0.5, 0.6) is 11.5 Å². The predicted octanol–water partition coefficient (Wildman–Crippen LogP) is 1.31. The van der Waals surface area contributed by atoms with E-state index in [0.717, 1.165) is 0 Å². The maximum absolute atomic E-state index is 11.8. The number of carbonyl (C=O) groups is 1. The van der Waals surface area contributed by atoms with E-state index in [1.54, 1.807) is 30.3 Å². The molecule has 0 aliphatic rings. The second-order valence-electron chi connectivity index (χ2n) is 5.97. The first-order valence-electron chi connectivity index (χ1n) is 8.36. The molecule has 2 unspecified atom stereocenters. The van der Waals surface area contributed by atoms with Crippen LogP contribution in [0.2, 0.25) is 0 Å². The van der Waals surface area contributed by atoms with Gasteiger partial charge in [-0.15, -0.1) is 0 Å². The van der Waals surface area contributed by atoms with E-state index in [1.807, 2.05) is 0 Å². The van der Waals surface area contributed by atoms with Crippen LogP contribution < -0.4 is 9.47 Å². The molecule has 0 amide bonds. The molecule has 0 aromatic heterocycles. The van der Waals surface area contributed by atoms with Gasteiger partial charge in [-0.05, 0) is 23.6 Å². The van der Waals surface area contributed by atoms with Crippen molar-refractivity contribution in [3.8, 4) is 11.5 Å². The molecule has 0 heterocycles. The maximum Gasteiger partial charge on any atom is 0.340 e. The number of aliphatic hydroxyl groups excluding tert-OH is 2. The Morgan fingerprint density at radius 3 is 2.11 bits per heavy atom. The minimum absolute atomic E-state index is 0.0150. The molecule has 0 spiro atoms. The molecule has 0 saturated heterocycles. The molecule has 0 radical (unpaired) electrons. The van der Waals surface area contributed by atoms with Gasteiger partial charge in [0.25, 0.3) is 0 Å². The normalized spacial score (nSPS) is 13.3. The van der Waals surface area contributed by atoms with E-state index < -0.39 is 18.2 Å². The molecule has 8 heteroatoms. The Labute approximate surface area is 156 Å². The number of hydrogen-bond acceptors (Lipinski definition) is 7. The topological polar surface area (TPSA) is 115 Å². The van der Waals surface area contributed by atoms with Crippen LogP contribution in [0.3, 0.4) is 0 Å². The van der Waals surface area contributed by atoms with Gasteiger partial charge in [0.05, 0.1) is 13.2 Å². The Bertz CT molecular complexity index is 755. The molecule has 2 aromatic rings. The summed E-state index contributed by atoms with van der Waals surface area (Å²) in [7, 11) is 2.93. The standard InChI is InChI=1S/C19H24O8/c1-24-8-13(20)10-26-15-5-3-12-4-6-17(27-11-14(21)9-25-2)18(19(22)23)16(12)7-15/h3-7,13-14,20-21H,8-11H2,1-2H3,(H,22,23). The maximum atomic E-state index is 11.8. The fourth-order valence-corrected chi connectivity index (χ4v) is 2.57. The lowest BCUT2D eigenvalue weighted by Crippen LogP contribution is -2.23. The first-order chi connectivity index (χ1) is 13.0. The summed E-state index contributed by atoms with van der Waals surface area (Å²) in [5, 5.41) is 30.2. The Hall–Kier alpha value is -2.39. The van der Waals surface area contributed by atoms with E-state index >= 15 is 0 Å². The van der Waals surface area contributed by atoms with Crippen LogP contribution in [0, 0.1) is 0 Å². The van der Waals surface area contributed by atoms with Crippen molar-refractivity contribution in [3.63, 3.8) is 0 Å². The number of aliphatic hydroxyl groups is 2. The zero-order valence-electron chi connectivity index (χ0n) is 15.3. The predicted molar refractivity (Wildman–Crippen MR) is 97.7 cm³/mol. The number of carboxylic acids is 1. The monoisotopic (exact) mass is 380 g/mol. The van der Waals surface area contributed by atoms with Crippen LogP contribution in [0.25, 0.3) is 10.8 Å². The number of hydrogen-bond donors (Lipinski definition) is 3. The van der Waals surface area contributed by atoms with Gasteiger partial charge in [-0.2, -0.15) is 0 Å². The molecule has 0 saturated carbocycles. The first-order valence-corrected chi connectivity index (χ1v) is 8.36. The van der Waals surface area contributed by atoms with Crippen molar-refractivity contribution in [2.45, 2.75) is 12.2 Å². The van der Waals surface area contributed by atoms with E-state index in [0.29, 0.717) is 16.5 Å². The molecule has 27 heavy (non-hydrogen) atoms. The van der Waals surface area contributed by atoms with Crippen molar-refractivity contribution >= 4 is 16.7 Å². The smallest absolute Gasteiger partial charge is 0.340 e. The molecule has 148 valence electrons. The highest BCUT2D eigenvalue weighted by Crippen LogP contribution is 2.31. The van der Waals surface area contributed by atoms with Crippen LogP contribution >= 0.6 is 0 Å². The lowest BCUT2D eigenvalue weighted by Gasteiger charge is -2.16. The lowest BCUT2D eigenvalue weighted by atomic mass is 10.0. The number of ether oxygens (including phenoxy) is 4. The Kier molecular flexibility index (Phi) is 7.81. The van der Waals surface area contributed by atoms with Gasteiger partial charge in [-0.25, -0.2) is 4.79 Å². The molecule has 2 aromatic carbocycles. The Morgan fingerprint density at radius 1 is 0.926 bits per heavy atom. The van der Waals surface area contributed by atoms with E-state index in [-0.39, 0.29) is 37.7 Å². The quantitative estimate of drug-likeness (QED) is 0.535. The van der Waals surface area contributed by atoms with E-state index in [1.165, 1.54) is 14.2 Å². The third-order valence-corrected chi connectivity index (χ3v) is 3.76. The third kappa shape index (κ3) is 5.80. The number of rotatable bonds is 11. The van der Waals surface area contributed by atoms with Gasteiger partial charge < -0.3 is 34.3 Å². The zero-order valence-corrected chi connectivity index (χ0v) is 15.3. The summed E-state index contributed by atoms with van der Waals surface area (Å²) < 4.78 is 20.7. The van der Waals surface area contributed by atoms with Gasteiger partial charge in [0.15, 0.2) is 0 Å². The zero-order chi connectivity index (χ0) is 19.8. The molecule has 2 rings (SSSR count). The Balaban J connectivity index is 2.28. The largest absolute Gasteiger partial charge is 0.491 e. The summed E-state index contributed by atoms with van der Waals surface area (Å²) in [6.45, 7) is 0.133. The van der Waals surface area contributed by atoms with Crippen LogP contribution in [-0.2, 0) is 9.47 Å². The van der Waals surface area contributed by atoms with Crippen molar-refractivity contribution < 1.29 is 39.1 Å². The summed E-state index contributed by atoms with van der Waals surface area (Å²) in [5.74, 6) is -0.605. The third-order valence-electron chi connectivity index (χ3n) is 3.76. The summed E-state index contributed by atoms with van der Waals surface area (Å²) in [5.41, 5.74) is -0.0278. The van der Waals surface area contributed by atoms with E-state index in [2.05, 4.69) is 0 Å². The molecule has 0 bridgehead atoms. The van der Waals surface area contributed by atoms with Crippen molar-refractivity contribution in [3.05, 3.63) is 35.9 Å². The molecule has 2 atom stereocenters. The highest BCUT2D eigenvalue weighted by Gasteiger charge is 2.18. The molecular formula is C19H24O8. The summed E-state index contributed by atoms with van der Waals surface area (Å²) >= 11 is 0. The van der Waals surface area contributed by atoms with Crippen LogP contribution in [0.15, 0.2) is 30.3 Å². The van der Waals surface area contributed by atoms with Crippen LogP contribution in [0.4, 0.5) is 0 Å². The average Bonchev–Trinajstić information content (AvgIpc) is 2.64. The highest BCUT2D eigenvalue weighted by atomic mass is 16.5. The summed E-state index contributed by atoms with van der Waals surface area (Å²) in [4.78, 5) is 11.8. The summed E-state index contributed by atoms with van der Waals surface area (Å²) in [6, 6.07) is 8.27. The van der Waals surface area contributed by atoms with Crippen molar-refractivity contribution in [2.75, 3.05) is 40.6 Å². The van der Waals surface area contributed by atoms with E-state index in [9.17, 15) is 20.1 Å². The van der Waals surface area contributed by atoms with E-state index in [4.69, 9.17) is 18.9 Å². The van der Waals surface area contributed by atoms with Crippen molar-refractivity contribution in [1.82, 2.24) is 0 Å². The van der Waals surface area contributed by atoms with Crippen LogP contribution in [0.1, 0.15) is 10.4 Å². The van der Waals surface area contributed by atoms with Crippen molar-refractivity contribution in [2.24, 2.45) is 0 Å². The van der Waals surface area contributed by atoms with Gasteiger partial charge in [-0.3, -0.25) is 0 Å². The van der Waals surface area contributed by atoms with Gasteiger partial charge in [0.2, 0.25) is 0 Å². The highest BCUT2D eigenvalue weighted by molar-refractivity contribution is 6.06. The van der Waals surface area contributed by atoms with Crippen LogP contribution in [-0.4, -0.2) is 74.1 Å². The minimum atomic E-state index is -1.16. The fourth-order valence-electron chi connectivity index (χ4n) is 2.57. The molecule has 0 aliphatic heterocycles. The number of benzene rings is 2. The molecule has 0 aliphatic carbocycles. The number of fused-ring (bicyclic) bond motifs is 1. The van der Waals surface area contributed by atoms with Gasteiger partial charge in [0.1, 0.15) is 42.5 Å². The summed E-state index contributed by atoms with van der Waals surface area (Å²) in [6.07, 6.45) is -1.66. The molecule has 3 N–H and O–H groups in total. The second kappa shape index (κ2) is 10.1. The second-order valence-corrected chi connectivity index (χ2v) is 5.97. The minimum Gasteiger partial charge on any atom is -0.491 e. The van der Waals surface area contributed by atoms with Gasteiger partial charge in [0, 0.05) is 19.6 Å². The van der Waals surface area contributed by atoms with Crippen molar-refractivity contribution in [1.29, 1.82) is 0 Å². The molecule has 0 fully saturated rings. The number of methoxy groups -OCH3 is 2. The van der Waals surface area contributed by atoms with Gasteiger partial charge in [-0.1, -0.05) is 12.1 Å². The molecule has 8 nitrogen and oxygen atoms in total. The number of aromatic carboxylic acids is 1. The fraction of sp³-hybridized carbons (Fsp3) is 0.421. The first kappa shape index (κ1) is 20.9. The SMILES string of the molecule is COCC(O)COc1ccc2ccc(OCC(O)COC)c(C(=O)O)c2c1. The average molecular weight is 380 g/mol. The van der Waals surface area contributed by atoms with Gasteiger partial charge >= 0.3 is 5.97 Å². The molecular weight excluding hydrogens is 356 g/mol. The number of carboxylic acid groups (broad SMARTS) is 1. The lowest BCUT2D eigenvalue weighted by molar-refractivity contribution is 0.0319.